The monoisotopic (exact) mass is 565 g/mol. The fourth-order valence-corrected chi connectivity index (χ4v) is 12.4. The minimum atomic E-state index is -2.09. The number of hydrogen-bond acceptors (Lipinski definition) is 6. The molecule has 3 aliphatic heterocycles. The maximum Gasteiger partial charge on any atom is 0.330 e. The number of fused-ring (bicyclic) bond motifs is 1. The van der Waals surface area contributed by atoms with Gasteiger partial charge in [-0.15, -0.1) is 0 Å². The molecule has 39 heavy (non-hydrogen) atoms. The molecule has 0 aliphatic carbocycles. The van der Waals surface area contributed by atoms with E-state index in [2.05, 4.69) is 76.9 Å². The van der Waals surface area contributed by atoms with E-state index in [9.17, 15) is 9.59 Å². The summed E-state index contributed by atoms with van der Waals surface area (Å²) in [6.07, 6.45) is 3.77. The largest absolute Gasteiger partial charge is 0.352 e. The number of aromatic nitrogens is 2. The molecule has 0 bridgehead atoms. The van der Waals surface area contributed by atoms with Crippen LogP contribution in [-0.2, 0) is 13.8 Å². The highest BCUT2D eigenvalue weighted by atomic mass is 31.2. The molecule has 2 aromatic carbocycles. The predicted octanol–water partition coefficient (Wildman–Crippen LogP) is 3.60. The fraction of sp³-hybridized carbons (Fsp3) is 0.448. The molecule has 0 radical (unpaired) electrons. The molecule has 3 aliphatic rings. The van der Waals surface area contributed by atoms with E-state index in [4.69, 9.17) is 13.8 Å². The van der Waals surface area contributed by atoms with Crippen molar-refractivity contribution < 1.29 is 13.8 Å². The van der Waals surface area contributed by atoms with Crippen LogP contribution in [0.5, 0.6) is 0 Å². The van der Waals surface area contributed by atoms with Crippen LogP contribution in [0.4, 0.5) is 0 Å². The second-order valence-electron chi connectivity index (χ2n) is 10.9. The smallest absolute Gasteiger partial charge is 0.330 e. The first-order chi connectivity index (χ1) is 19.0. The Morgan fingerprint density at radius 3 is 2.36 bits per heavy atom. The number of H-pyrrole nitrogens is 1. The number of nitrogens with zero attached hydrogens (tertiary/aromatic N) is 2. The molecule has 4 heterocycles. The van der Waals surface area contributed by atoms with Crippen molar-refractivity contribution in [2.45, 2.75) is 75.8 Å². The Kier molecular flexibility index (Phi) is 7.72. The molecule has 0 saturated carbocycles. The minimum absolute atomic E-state index is 0.0912. The van der Waals surface area contributed by atoms with E-state index < -0.39 is 28.5 Å². The zero-order valence-electron chi connectivity index (χ0n) is 22.4. The van der Waals surface area contributed by atoms with Gasteiger partial charge in [0.2, 0.25) is 0 Å². The topological polar surface area (TPSA) is 85.8 Å². The molecule has 8 nitrogen and oxygen atoms in total. The van der Waals surface area contributed by atoms with Crippen LogP contribution in [0.2, 0.25) is 12.6 Å². The third-order valence-electron chi connectivity index (χ3n) is 8.55. The van der Waals surface area contributed by atoms with Crippen LogP contribution in [0.3, 0.4) is 0 Å². The van der Waals surface area contributed by atoms with Gasteiger partial charge in [-0.2, -0.15) is 0 Å². The Morgan fingerprint density at radius 1 is 1.03 bits per heavy atom. The number of aromatic amines is 1. The normalized spacial score (nSPS) is 29.1. The second-order valence-corrected chi connectivity index (χ2v) is 16.6. The van der Waals surface area contributed by atoms with Gasteiger partial charge in [-0.1, -0.05) is 84.5 Å². The number of ether oxygens (including phenoxy) is 1. The van der Waals surface area contributed by atoms with Gasteiger partial charge in [-0.3, -0.25) is 4.79 Å². The van der Waals surface area contributed by atoms with Crippen molar-refractivity contribution in [3.8, 4) is 0 Å². The van der Waals surface area contributed by atoms with Crippen LogP contribution in [0.25, 0.3) is 0 Å². The van der Waals surface area contributed by atoms with Gasteiger partial charge in [0.05, 0.1) is 18.3 Å². The van der Waals surface area contributed by atoms with Crippen LogP contribution < -0.4 is 21.6 Å². The first kappa shape index (κ1) is 26.8. The predicted molar refractivity (Wildman–Crippen MR) is 155 cm³/mol. The average Bonchev–Trinajstić information content (AvgIpc) is 3.67. The lowest BCUT2D eigenvalue weighted by molar-refractivity contribution is -0.0202. The maximum atomic E-state index is 12.4. The average molecular weight is 566 g/mol. The number of hydrogen-bond donors (Lipinski definition) is 1. The lowest BCUT2D eigenvalue weighted by Crippen LogP contribution is -2.58. The number of benzene rings is 2. The van der Waals surface area contributed by atoms with E-state index >= 15 is 0 Å². The Balaban J connectivity index is 1.23. The zero-order chi connectivity index (χ0) is 27.0. The van der Waals surface area contributed by atoms with Gasteiger partial charge in [-0.05, 0) is 25.3 Å². The summed E-state index contributed by atoms with van der Waals surface area (Å²) in [5.74, 6) is 0. The number of nitrogens with one attached hydrogen (secondary N) is 1. The van der Waals surface area contributed by atoms with Gasteiger partial charge >= 0.3 is 5.69 Å². The van der Waals surface area contributed by atoms with Crippen molar-refractivity contribution in [2.75, 3.05) is 6.54 Å². The minimum Gasteiger partial charge on any atom is -0.352 e. The quantitative estimate of drug-likeness (QED) is 0.332. The van der Waals surface area contributed by atoms with Crippen LogP contribution in [0, 0.1) is 0 Å². The van der Waals surface area contributed by atoms with E-state index in [1.165, 1.54) is 22.6 Å². The van der Waals surface area contributed by atoms with E-state index in [0.717, 1.165) is 36.4 Å². The molecule has 0 amide bonds. The lowest BCUT2D eigenvalue weighted by Gasteiger charge is -2.32. The lowest BCUT2D eigenvalue weighted by atomic mass is 10.1. The summed E-state index contributed by atoms with van der Waals surface area (Å²) in [4.78, 5) is 27.4. The molecular weight excluding hydrogens is 529 g/mol. The summed E-state index contributed by atoms with van der Waals surface area (Å²) < 4.78 is 23.3. The van der Waals surface area contributed by atoms with E-state index in [1.54, 1.807) is 0 Å². The van der Waals surface area contributed by atoms with E-state index in [0.29, 0.717) is 12.5 Å². The molecule has 3 aromatic rings. The molecule has 6 rings (SSSR count). The molecule has 1 aromatic heterocycles. The van der Waals surface area contributed by atoms with Crippen molar-refractivity contribution in [3.63, 3.8) is 0 Å². The Bertz CT molecular complexity index is 1320. The molecule has 3 saturated heterocycles. The van der Waals surface area contributed by atoms with Crippen LogP contribution in [0.1, 0.15) is 38.8 Å². The molecule has 6 atom stereocenters. The van der Waals surface area contributed by atoms with Gasteiger partial charge in [0.25, 0.3) is 14.1 Å². The van der Waals surface area contributed by atoms with Gasteiger partial charge in [0.1, 0.15) is 14.3 Å². The number of rotatable bonds is 8. The molecule has 10 heteroatoms. The summed E-state index contributed by atoms with van der Waals surface area (Å²) in [6, 6.07) is 24.5. The van der Waals surface area contributed by atoms with E-state index in [1.807, 2.05) is 6.92 Å². The molecule has 3 fully saturated rings. The fourth-order valence-electron chi connectivity index (χ4n) is 6.43. The van der Waals surface area contributed by atoms with Gasteiger partial charge in [0.15, 0.2) is 0 Å². The van der Waals surface area contributed by atoms with Crippen LogP contribution >= 0.6 is 8.53 Å². The first-order valence-electron chi connectivity index (χ1n) is 13.9. The molecule has 1 unspecified atom stereocenters. The van der Waals surface area contributed by atoms with E-state index in [-0.39, 0.29) is 23.9 Å². The van der Waals surface area contributed by atoms with Gasteiger partial charge in [0, 0.05) is 31.3 Å². The van der Waals surface area contributed by atoms with Crippen molar-refractivity contribution in [3.05, 3.63) is 93.8 Å². The summed E-state index contributed by atoms with van der Waals surface area (Å²) in [5, 5.41) is 2.83. The third kappa shape index (κ3) is 5.12. The van der Waals surface area contributed by atoms with Crippen LogP contribution in [-0.4, -0.2) is 53.2 Å². The van der Waals surface area contributed by atoms with Crippen molar-refractivity contribution >= 4 is 27.0 Å². The highest BCUT2D eigenvalue weighted by molar-refractivity contribution is 7.45. The van der Waals surface area contributed by atoms with Crippen molar-refractivity contribution in [1.29, 1.82) is 0 Å². The maximum absolute atomic E-state index is 12.4. The Labute approximate surface area is 230 Å². The molecular formula is C29H36N3O5PSi. The first-order valence-corrected chi connectivity index (χ1v) is 17.8. The Morgan fingerprint density at radius 2 is 1.72 bits per heavy atom. The zero-order valence-corrected chi connectivity index (χ0v) is 24.3. The third-order valence-corrected chi connectivity index (χ3v) is 14.8. The SMILES string of the molecule is CC[C@H]1O[C@@H](n2c(=O)cc[nH]c2=O)CC1O[P@@]1O[C@H](C[Si](C)(c2ccccc2)c2ccccc2)[C@@H]2CCCN21. The summed E-state index contributed by atoms with van der Waals surface area (Å²) in [5.41, 5.74) is -0.829. The van der Waals surface area contributed by atoms with Gasteiger partial charge < -0.3 is 18.8 Å². The molecule has 1 N–H and O–H groups in total. The van der Waals surface area contributed by atoms with Crippen molar-refractivity contribution in [1.82, 2.24) is 14.2 Å². The second kappa shape index (κ2) is 11.2. The molecule has 0 spiro atoms. The Hall–Kier alpha value is -2.39. The van der Waals surface area contributed by atoms with Crippen LogP contribution in [0.15, 0.2) is 82.5 Å². The standard InChI is InChI=1S/C29H36N3O5PSi/c1-3-24-25(19-28(35-24)32-27(33)16-17-30-29(32)34)36-38-31-18-10-15-23(31)26(37-38)20-39(2,21-11-6-4-7-12-21)22-13-8-5-9-14-22/h4-9,11-14,16-17,23-26,28H,3,10,15,18-20H2,1-2H3,(H,30,34)/t23-,24+,25?,26+,28+,38-/m0/s1. The summed E-state index contributed by atoms with van der Waals surface area (Å²) >= 11 is 0. The van der Waals surface area contributed by atoms with Gasteiger partial charge in [-0.25, -0.2) is 14.0 Å². The van der Waals surface area contributed by atoms with Crippen molar-refractivity contribution in [2.24, 2.45) is 0 Å². The summed E-state index contributed by atoms with van der Waals surface area (Å²) in [7, 11) is -3.35. The highest BCUT2D eigenvalue weighted by Gasteiger charge is 2.51. The summed E-state index contributed by atoms with van der Waals surface area (Å²) in [6.45, 7) is 5.47. The molecule has 206 valence electrons. The highest BCUT2D eigenvalue weighted by Crippen LogP contribution is 2.58.